The molecule has 30 heavy (non-hydrogen) atoms. The summed E-state index contributed by atoms with van der Waals surface area (Å²) in [7, 11) is 0. The number of unbranched alkanes of at least 4 members (excludes halogenated alkanes) is 15. The Bertz CT molecular complexity index is 568. The molecule has 0 fully saturated rings. The largest absolute Gasteiger partial charge is 0.427 e. The fourth-order valence-corrected chi connectivity index (χ4v) is 4.27. The molecule has 0 aliphatic heterocycles. The predicted octanol–water partition coefficient (Wildman–Crippen LogP) is 9.06. The molecule has 0 aliphatic carbocycles. The van der Waals surface area contributed by atoms with Gasteiger partial charge in [-0.25, -0.2) is 0 Å². The van der Waals surface area contributed by atoms with Crippen LogP contribution in [0, 0.1) is 0 Å². The number of amides is 1. The van der Waals surface area contributed by atoms with Gasteiger partial charge < -0.3 is 8.38 Å². The highest BCUT2D eigenvalue weighted by Gasteiger charge is 2.12. The lowest BCUT2D eigenvalue weighted by Gasteiger charge is -2.09. The Balaban J connectivity index is 1.89. The Hall–Kier alpha value is -0.490. The number of carbonyl (C=O) groups is 1. The summed E-state index contributed by atoms with van der Waals surface area (Å²) in [6, 6.07) is 5.10. The van der Waals surface area contributed by atoms with Crippen molar-refractivity contribution in [2.24, 2.45) is 0 Å². The molecule has 3 nitrogen and oxygen atoms in total. The number of benzene rings is 1. The van der Waals surface area contributed by atoms with Crippen LogP contribution in [0.2, 0.25) is 5.02 Å². The van der Waals surface area contributed by atoms with Crippen LogP contribution in [0.4, 0.5) is 0 Å². The van der Waals surface area contributed by atoms with Crippen LogP contribution in [0.1, 0.15) is 120 Å². The normalized spacial score (nSPS) is 10.9. The molecule has 1 N–H and O–H groups in total. The second-order valence-corrected chi connectivity index (χ2v) is 9.15. The zero-order valence-corrected chi connectivity index (χ0v) is 21.7. The van der Waals surface area contributed by atoms with Crippen molar-refractivity contribution in [1.82, 2.24) is 5.32 Å². The van der Waals surface area contributed by atoms with Crippen LogP contribution in [0.25, 0.3) is 0 Å². The van der Waals surface area contributed by atoms with E-state index >= 15 is 0 Å². The summed E-state index contributed by atoms with van der Waals surface area (Å²) < 4.78 is 5.21. The third-order valence-electron chi connectivity index (χ3n) is 5.59. The number of hydrogen-bond donors (Lipinski definition) is 1. The lowest BCUT2D eigenvalue weighted by atomic mass is 10.0. The van der Waals surface area contributed by atoms with E-state index in [0.717, 1.165) is 6.42 Å². The van der Waals surface area contributed by atoms with Gasteiger partial charge in [-0.1, -0.05) is 115 Å². The standard InChI is InChI=1S/C25H41ClINO2/c1-2-3-4-5-6-7-8-9-10-11-12-13-14-15-16-17-20-28-25(29)23-21-22(26)18-19-24(23)30-27/h18-19,21H,2-17,20H2,1H3,(H,28,29). The molecule has 1 aromatic carbocycles. The lowest BCUT2D eigenvalue weighted by Crippen LogP contribution is -2.24. The second kappa shape index (κ2) is 19.2. The maximum Gasteiger partial charge on any atom is 0.255 e. The number of hydrogen-bond acceptors (Lipinski definition) is 2. The summed E-state index contributed by atoms with van der Waals surface area (Å²) >= 11 is 7.77. The third-order valence-corrected chi connectivity index (χ3v) is 6.29. The molecule has 0 unspecified atom stereocenters. The van der Waals surface area contributed by atoms with Gasteiger partial charge in [-0.3, -0.25) is 4.79 Å². The van der Waals surface area contributed by atoms with E-state index in [1.807, 2.05) is 0 Å². The van der Waals surface area contributed by atoms with Crippen molar-refractivity contribution in [3.63, 3.8) is 0 Å². The monoisotopic (exact) mass is 549 g/mol. The maximum absolute atomic E-state index is 12.3. The van der Waals surface area contributed by atoms with Gasteiger partial charge in [0.05, 0.1) is 5.56 Å². The van der Waals surface area contributed by atoms with Crippen LogP contribution in [-0.4, -0.2) is 12.5 Å². The first-order valence-corrected chi connectivity index (χ1v) is 13.3. The minimum atomic E-state index is -0.120. The van der Waals surface area contributed by atoms with E-state index in [0.29, 0.717) is 22.9 Å². The highest BCUT2D eigenvalue weighted by atomic mass is 127. The first-order valence-electron chi connectivity index (χ1n) is 12.1. The highest BCUT2D eigenvalue weighted by Crippen LogP contribution is 2.24. The molecule has 1 amide bonds. The number of carbonyl (C=O) groups excluding carboxylic acids is 1. The van der Waals surface area contributed by atoms with Crippen LogP contribution in [0.15, 0.2) is 18.2 Å². The maximum atomic E-state index is 12.3. The minimum Gasteiger partial charge on any atom is -0.427 e. The number of rotatable bonds is 19. The smallest absolute Gasteiger partial charge is 0.255 e. The van der Waals surface area contributed by atoms with Crippen LogP contribution in [0.3, 0.4) is 0 Å². The molecule has 0 saturated carbocycles. The number of nitrogens with one attached hydrogen (secondary N) is 1. The molecule has 0 saturated heterocycles. The summed E-state index contributed by atoms with van der Waals surface area (Å²) in [4.78, 5) is 12.3. The molecule has 0 radical (unpaired) electrons. The highest BCUT2D eigenvalue weighted by molar-refractivity contribution is 14.1. The van der Waals surface area contributed by atoms with Crippen LogP contribution in [0.5, 0.6) is 5.75 Å². The van der Waals surface area contributed by atoms with Crippen molar-refractivity contribution in [2.75, 3.05) is 6.54 Å². The van der Waals surface area contributed by atoms with Gasteiger partial charge in [0.15, 0.2) is 23.0 Å². The SMILES string of the molecule is CCCCCCCCCCCCCCCCCCNC(=O)c1cc(Cl)ccc1OI. The molecule has 0 heterocycles. The van der Waals surface area contributed by atoms with Crippen LogP contribution >= 0.6 is 34.6 Å². The van der Waals surface area contributed by atoms with E-state index in [1.54, 1.807) is 41.2 Å². The van der Waals surface area contributed by atoms with Gasteiger partial charge in [-0.15, -0.1) is 0 Å². The topological polar surface area (TPSA) is 38.3 Å². The molecule has 172 valence electrons. The summed E-state index contributed by atoms with van der Waals surface area (Å²) in [5, 5.41) is 3.51. The first kappa shape index (κ1) is 27.5. The van der Waals surface area contributed by atoms with Crippen molar-refractivity contribution >= 4 is 40.5 Å². The van der Waals surface area contributed by atoms with E-state index in [-0.39, 0.29) is 5.91 Å². The van der Waals surface area contributed by atoms with Crippen molar-refractivity contribution in [3.8, 4) is 5.75 Å². The molecule has 0 aliphatic rings. The molecular weight excluding hydrogens is 509 g/mol. The lowest BCUT2D eigenvalue weighted by molar-refractivity contribution is 0.0951. The fraction of sp³-hybridized carbons (Fsp3) is 0.720. The molecular formula is C25H41ClINO2. The van der Waals surface area contributed by atoms with Crippen LogP contribution < -0.4 is 8.38 Å². The molecule has 0 bridgehead atoms. The van der Waals surface area contributed by atoms with Gasteiger partial charge in [0, 0.05) is 11.6 Å². The zero-order valence-electron chi connectivity index (χ0n) is 18.8. The van der Waals surface area contributed by atoms with Gasteiger partial charge in [0.2, 0.25) is 0 Å². The molecule has 0 aromatic heterocycles. The van der Waals surface area contributed by atoms with Gasteiger partial charge >= 0.3 is 0 Å². The van der Waals surface area contributed by atoms with Crippen molar-refractivity contribution in [2.45, 2.75) is 110 Å². The molecule has 0 spiro atoms. The van der Waals surface area contributed by atoms with Crippen molar-refractivity contribution < 1.29 is 7.86 Å². The predicted molar refractivity (Wildman–Crippen MR) is 138 cm³/mol. The van der Waals surface area contributed by atoms with Gasteiger partial charge in [0.1, 0.15) is 5.75 Å². The Morgan fingerprint density at radius 1 is 0.833 bits per heavy atom. The summed E-state index contributed by atoms with van der Waals surface area (Å²) in [5.74, 6) is 0.426. The number of halogens is 2. The molecule has 5 heteroatoms. The van der Waals surface area contributed by atoms with E-state index < -0.39 is 0 Å². The Morgan fingerprint density at radius 3 is 1.77 bits per heavy atom. The Kier molecular flexibility index (Phi) is 17.6. The molecule has 0 atom stereocenters. The van der Waals surface area contributed by atoms with E-state index in [1.165, 1.54) is 96.3 Å². The second-order valence-electron chi connectivity index (χ2n) is 8.28. The van der Waals surface area contributed by atoms with Crippen molar-refractivity contribution in [1.29, 1.82) is 0 Å². The minimum absolute atomic E-state index is 0.120. The summed E-state index contributed by atoms with van der Waals surface area (Å²) in [5.41, 5.74) is 0.494. The summed E-state index contributed by atoms with van der Waals surface area (Å²) in [6.45, 7) is 2.98. The van der Waals surface area contributed by atoms with Gasteiger partial charge in [-0.05, 0) is 24.6 Å². The zero-order chi connectivity index (χ0) is 21.9. The van der Waals surface area contributed by atoms with Crippen molar-refractivity contribution in [3.05, 3.63) is 28.8 Å². The quantitative estimate of drug-likeness (QED) is 0.138. The van der Waals surface area contributed by atoms with Crippen LogP contribution in [-0.2, 0) is 0 Å². The Morgan fingerprint density at radius 2 is 1.30 bits per heavy atom. The van der Waals surface area contributed by atoms with E-state index in [4.69, 9.17) is 14.7 Å². The molecule has 1 aromatic rings. The van der Waals surface area contributed by atoms with Gasteiger partial charge in [0.25, 0.3) is 5.91 Å². The summed E-state index contributed by atoms with van der Waals surface area (Å²) in [6.07, 6.45) is 21.6. The third kappa shape index (κ3) is 13.7. The van der Waals surface area contributed by atoms with E-state index in [2.05, 4.69) is 12.2 Å². The van der Waals surface area contributed by atoms with Gasteiger partial charge in [-0.2, -0.15) is 0 Å². The Labute approximate surface area is 203 Å². The average molecular weight is 550 g/mol. The van der Waals surface area contributed by atoms with E-state index in [9.17, 15) is 4.79 Å². The first-order chi connectivity index (χ1) is 14.7. The molecule has 1 rings (SSSR count). The average Bonchev–Trinajstić information content (AvgIpc) is 2.75. The fourth-order valence-electron chi connectivity index (χ4n) is 3.72.